The Morgan fingerprint density at radius 1 is 1.24 bits per heavy atom. The van der Waals surface area contributed by atoms with Gasteiger partial charge in [0.05, 0.1) is 31.4 Å². The van der Waals surface area contributed by atoms with E-state index in [4.69, 9.17) is 9.47 Å². The molecule has 0 aliphatic carbocycles. The van der Waals surface area contributed by atoms with E-state index in [1.54, 1.807) is 18.2 Å². The maximum absolute atomic E-state index is 12.7. The van der Waals surface area contributed by atoms with E-state index in [1.165, 1.54) is 41.9 Å². The molecule has 1 fully saturated rings. The van der Waals surface area contributed by atoms with Crippen molar-refractivity contribution in [3.63, 3.8) is 0 Å². The molecule has 1 aliphatic rings. The van der Waals surface area contributed by atoms with Gasteiger partial charge in [0.15, 0.2) is 11.5 Å². The summed E-state index contributed by atoms with van der Waals surface area (Å²) in [7, 11) is -2.28. The lowest BCUT2D eigenvalue weighted by Gasteiger charge is -2.26. The number of carbonyl (C=O) groups is 1. The smallest absolute Gasteiger partial charge is 0.271 e. The number of methoxy groups -OCH3 is 1. The van der Waals surface area contributed by atoms with E-state index in [2.05, 4.69) is 10.5 Å². The largest absolute Gasteiger partial charge is 0.504 e. The number of phenols is 1. The van der Waals surface area contributed by atoms with Crippen LogP contribution in [0.2, 0.25) is 0 Å². The Labute approximate surface area is 168 Å². The van der Waals surface area contributed by atoms with Crippen molar-refractivity contribution >= 4 is 22.1 Å². The number of phenolic OH excluding ortho intramolecular Hbond substituents is 1. The molecule has 154 valence electrons. The van der Waals surface area contributed by atoms with Crippen LogP contribution in [0.5, 0.6) is 11.5 Å². The molecule has 3 rings (SSSR count). The van der Waals surface area contributed by atoms with Gasteiger partial charge in [0.1, 0.15) is 0 Å². The van der Waals surface area contributed by atoms with Gasteiger partial charge in [0, 0.05) is 24.2 Å². The molecule has 10 heteroatoms. The molecule has 29 heavy (non-hydrogen) atoms. The van der Waals surface area contributed by atoms with Gasteiger partial charge in [-0.3, -0.25) is 4.79 Å². The van der Waals surface area contributed by atoms with Gasteiger partial charge < -0.3 is 14.6 Å². The van der Waals surface area contributed by atoms with Gasteiger partial charge in [-0.05, 0) is 30.3 Å². The molecule has 0 radical (unpaired) electrons. The van der Waals surface area contributed by atoms with Crippen LogP contribution >= 0.6 is 0 Å². The molecule has 9 nitrogen and oxygen atoms in total. The monoisotopic (exact) mass is 419 g/mol. The van der Waals surface area contributed by atoms with Crippen molar-refractivity contribution < 1.29 is 27.8 Å². The zero-order valence-electron chi connectivity index (χ0n) is 15.7. The molecule has 2 aromatic rings. The minimum absolute atomic E-state index is 0.0291. The predicted octanol–water partition coefficient (Wildman–Crippen LogP) is 1.19. The first-order valence-electron chi connectivity index (χ1n) is 8.81. The lowest BCUT2D eigenvalue weighted by atomic mass is 10.2. The molecule has 0 unspecified atom stereocenters. The van der Waals surface area contributed by atoms with Crippen molar-refractivity contribution in [2.45, 2.75) is 4.90 Å². The SMILES string of the molecule is COc1cccc(/C=N/NC(=O)c2cccc(S(=O)(=O)N3CCOCC3)c2)c1O. The average Bonchev–Trinajstić information content (AvgIpc) is 2.75. The van der Waals surface area contributed by atoms with Crippen LogP contribution in [0.1, 0.15) is 15.9 Å². The standard InChI is InChI=1S/C19H21N3O6S/c1-27-17-7-3-5-15(18(17)23)13-20-21-19(24)14-4-2-6-16(12-14)29(25,26)22-8-10-28-11-9-22/h2-7,12-13,23H,8-11H2,1H3,(H,21,24)/b20-13+. The Balaban J connectivity index is 1.73. The highest BCUT2D eigenvalue weighted by molar-refractivity contribution is 7.89. The summed E-state index contributed by atoms with van der Waals surface area (Å²) < 4.78 is 37.0. The molecule has 0 aromatic heterocycles. The maximum Gasteiger partial charge on any atom is 0.271 e. The van der Waals surface area contributed by atoms with E-state index in [0.717, 1.165) is 0 Å². The van der Waals surface area contributed by atoms with Gasteiger partial charge in [-0.2, -0.15) is 9.41 Å². The number of benzene rings is 2. The molecule has 1 saturated heterocycles. The summed E-state index contributed by atoms with van der Waals surface area (Å²) in [6, 6.07) is 10.6. The number of hydrogen-bond acceptors (Lipinski definition) is 7. The van der Waals surface area contributed by atoms with Crippen LogP contribution in [0.15, 0.2) is 52.5 Å². The molecular formula is C19H21N3O6S. The number of para-hydroxylation sites is 1. The molecule has 0 spiro atoms. The number of hydrazone groups is 1. The van der Waals surface area contributed by atoms with E-state index >= 15 is 0 Å². The first-order valence-corrected chi connectivity index (χ1v) is 10.2. The third-order valence-corrected chi connectivity index (χ3v) is 6.22. The molecule has 2 N–H and O–H groups in total. The highest BCUT2D eigenvalue weighted by atomic mass is 32.2. The highest BCUT2D eigenvalue weighted by Crippen LogP contribution is 2.27. The van der Waals surface area contributed by atoms with Crippen LogP contribution in [-0.2, 0) is 14.8 Å². The van der Waals surface area contributed by atoms with Crippen LogP contribution in [0.4, 0.5) is 0 Å². The topological polar surface area (TPSA) is 118 Å². The summed E-state index contributed by atoms with van der Waals surface area (Å²) in [5, 5.41) is 13.8. The number of morpholine rings is 1. The summed E-state index contributed by atoms with van der Waals surface area (Å²) in [5.74, 6) is -0.407. The number of nitrogens with zero attached hydrogens (tertiary/aromatic N) is 2. The fourth-order valence-corrected chi connectivity index (χ4v) is 4.22. The summed E-state index contributed by atoms with van der Waals surface area (Å²) >= 11 is 0. The number of carbonyl (C=O) groups excluding carboxylic acids is 1. The zero-order chi connectivity index (χ0) is 20.9. The van der Waals surface area contributed by atoms with Crippen molar-refractivity contribution in [2.24, 2.45) is 5.10 Å². The fraction of sp³-hybridized carbons (Fsp3) is 0.263. The second kappa shape index (κ2) is 9.03. The quantitative estimate of drug-likeness (QED) is 0.536. The lowest BCUT2D eigenvalue weighted by Crippen LogP contribution is -2.40. The molecule has 0 atom stereocenters. The van der Waals surface area contributed by atoms with E-state index in [-0.39, 0.29) is 35.0 Å². The van der Waals surface area contributed by atoms with Gasteiger partial charge >= 0.3 is 0 Å². The van der Waals surface area contributed by atoms with Gasteiger partial charge in [-0.15, -0.1) is 0 Å². The van der Waals surface area contributed by atoms with Gasteiger partial charge in [-0.25, -0.2) is 13.8 Å². The Morgan fingerprint density at radius 3 is 2.69 bits per heavy atom. The first-order chi connectivity index (χ1) is 13.9. The molecule has 1 amide bonds. The second-order valence-electron chi connectivity index (χ2n) is 6.14. The summed E-state index contributed by atoms with van der Waals surface area (Å²) in [6.07, 6.45) is 1.27. The molecule has 0 bridgehead atoms. The normalized spacial score (nSPS) is 15.3. The minimum Gasteiger partial charge on any atom is -0.504 e. The summed E-state index contributed by atoms with van der Waals surface area (Å²) in [4.78, 5) is 12.4. The van der Waals surface area contributed by atoms with Crippen molar-refractivity contribution in [1.29, 1.82) is 0 Å². The van der Waals surface area contributed by atoms with Crippen molar-refractivity contribution in [1.82, 2.24) is 9.73 Å². The average molecular weight is 419 g/mol. The number of hydrogen-bond donors (Lipinski definition) is 2. The zero-order valence-corrected chi connectivity index (χ0v) is 16.6. The highest BCUT2D eigenvalue weighted by Gasteiger charge is 2.26. The third kappa shape index (κ3) is 4.73. The Hall–Kier alpha value is -2.95. The molecule has 0 saturated carbocycles. The van der Waals surface area contributed by atoms with E-state index in [0.29, 0.717) is 18.8 Å². The van der Waals surface area contributed by atoms with E-state index in [1.807, 2.05) is 0 Å². The van der Waals surface area contributed by atoms with E-state index < -0.39 is 15.9 Å². The Morgan fingerprint density at radius 2 is 1.97 bits per heavy atom. The molecule has 1 heterocycles. The number of rotatable bonds is 6. The molecule has 1 aliphatic heterocycles. The molecule has 2 aromatic carbocycles. The van der Waals surface area contributed by atoms with Crippen molar-refractivity contribution in [3.05, 3.63) is 53.6 Å². The first kappa shape index (κ1) is 20.8. The van der Waals surface area contributed by atoms with Crippen molar-refractivity contribution in [2.75, 3.05) is 33.4 Å². The van der Waals surface area contributed by atoms with Crippen LogP contribution in [0.25, 0.3) is 0 Å². The predicted molar refractivity (Wildman–Crippen MR) is 106 cm³/mol. The second-order valence-corrected chi connectivity index (χ2v) is 8.08. The van der Waals surface area contributed by atoms with Crippen molar-refractivity contribution in [3.8, 4) is 11.5 Å². The summed E-state index contributed by atoms with van der Waals surface area (Å²) in [6.45, 7) is 1.22. The maximum atomic E-state index is 12.7. The van der Waals surface area contributed by atoms with Gasteiger partial charge in [0.2, 0.25) is 10.0 Å². The number of aromatic hydroxyl groups is 1. The lowest BCUT2D eigenvalue weighted by molar-refractivity contribution is 0.0730. The Kier molecular flexibility index (Phi) is 6.47. The van der Waals surface area contributed by atoms with Crippen LogP contribution in [0.3, 0.4) is 0 Å². The molecular weight excluding hydrogens is 398 g/mol. The van der Waals surface area contributed by atoms with Gasteiger partial charge in [0.25, 0.3) is 5.91 Å². The van der Waals surface area contributed by atoms with Crippen LogP contribution in [0, 0.1) is 0 Å². The fourth-order valence-electron chi connectivity index (χ4n) is 2.77. The minimum atomic E-state index is -3.71. The number of ether oxygens (including phenoxy) is 2. The van der Waals surface area contributed by atoms with Crippen LogP contribution in [-0.4, -0.2) is 63.4 Å². The number of amides is 1. The van der Waals surface area contributed by atoms with E-state index in [9.17, 15) is 18.3 Å². The number of sulfonamides is 1. The summed E-state index contributed by atoms with van der Waals surface area (Å²) in [5.41, 5.74) is 2.82. The van der Waals surface area contributed by atoms with Gasteiger partial charge in [-0.1, -0.05) is 12.1 Å². The third-order valence-electron chi connectivity index (χ3n) is 4.32. The Bertz CT molecular complexity index is 1020. The van der Waals surface area contributed by atoms with Crippen LogP contribution < -0.4 is 10.2 Å². The number of nitrogens with one attached hydrogen (secondary N) is 1.